The summed E-state index contributed by atoms with van der Waals surface area (Å²) in [6.45, 7) is 2.02. The Labute approximate surface area is 151 Å². The summed E-state index contributed by atoms with van der Waals surface area (Å²) < 4.78 is 0. The van der Waals surface area contributed by atoms with E-state index in [1.54, 1.807) is 30.3 Å². The Balaban J connectivity index is 0.000000254. The monoisotopic (exact) mass is 349 g/mol. The molecule has 0 aliphatic carbocycles. The summed E-state index contributed by atoms with van der Waals surface area (Å²) in [4.78, 5) is 22.7. The lowest BCUT2D eigenvalue weighted by Crippen LogP contribution is -2.03. The second-order valence-electron chi connectivity index (χ2n) is 5.65. The number of nitrogen functional groups attached to an aromatic ring is 1. The van der Waals surface area contributed by atoms with Crippen molar-refractivity contribution in [2.24, 2.45) is 0 Å². The molecule has 0 bridgehead atoms. The summed E-state index contributed by atoms with van der Waals surface area (Å²) in [5.41, 5.74) is 7.98. The molecule has 5 heteroatoms. The van der Waals surface area contributed by atoms with Gasteiger partial charge in [-0.05, 0) is 42.8 Å². The second-order valence-corrected chi connectivity index (χ2v) is 5.65. The van der Waals surface area contributed by atoms with E-state index < -0.39 is 5.97 Å². The number of ketones is 1. The van der Waals surface area contributed by atoms with Gasteiger partial charge in [-0.3, -0.25) is 4.79 Å². The van der Waals surface area contributed by atoms with E-state index >= 15 is 0 Å². The van der Waals surface area contributed by atoms with Gasteiger partial charge in [0.1, 0.15) is 5.75 Å². The number of anilines is 1. The largest absolute Gasteiger partial charge is 0.507 e. The Bertz CT molecular complexity index is 903. The first-order valence-electron chi connectivity index (χ1n) is 7.86. The highest BCUT2D eigenvalue weighted by Crippen LogP contribution is 2.22. The minimum Gasteiger partial charge on any atom is -0.507 e. The molecule has 0 radical (unpaired) electrons. The number of carboxylic acid groups (broad SMARTS) is 1. The third-order valence-electron chi connectivity index (χ3n) is 3.57. The van der Waals surface area contributed by atoms with E-state index in [1.807, 2.05) is 31.2 Å². The summed E-state index contributed by atoms with van der Waals surface area (Å²) in [7, 11) is 0. The van der Waals surface area contributed by atoms with Gasteiger partial charge in [0, 0.05) is 11.3 Å². The maximum absolute atomic E-state index is 12.0. The van der Waals surface area contributed by atoms with Crippen LogP contribution in [0.3, 0.4) is 0 Å². The Morgan fingerprint density at radius 1 is 0.846 bits per heavy atom. The van der Waals surface area contributed by atoms with E-state index in [2.05, 4.69) is 0 Å². The van der Waals surface area contributed by atoms with Crippen LogP contribution in [0.4, 0.5) is 5.69 Å². The van der Waals surface area contributed by atoms with Crippen LogP contribution in [0.1, 0.15) is 31.8 Å². The van der Waals surface area contributed by atoms with Gasteiger partial charge in [0.2, 0.25) is 0 Å². The molecule has 132 valence electrons. The van der Waals surface area contributed by atoms with E-state index in [0.717, 1.165) is 11.8 Å². The lowest BCUT2D eigenvalue weighted by atomic mass is 10.0. The smallest absolute Gasteiger partial charge is 0.335 e. The molecule has 4 N–H and O–H groups in total. The molecular weight excluding hydrogens is 330 g/mol. The van der Waals surface area contributed by atoms with Gasteiger partial charge in [0.05, 0.1) is 11.1 Å². The van der Waals surface area contributed by atoms with Crippen molar-refractivity contribution in [2.45, 2.75) is 6.92 Å². The van der Waals surface area contributed by atoms with Gasteiger partial charge >= 0.3 is 5.97 Å². The first-order chi connectivity index (χ1) is 12.4. The Morgan fingerprint density at radius 3 is 2.04 bits per heavy atom. The number of aromatic carboxylic acids is 1. The predicted molar refractivity (Wildman–Crippen MR) is 101 cm³/mol. The highest BCUT2D eigenvalue weighted by molar-refractivity contribution is 6.11. The Morgan fingerprint density at radius 2 is 1.54 bits per heavy atom. The van der Waals surface area contributed by atoms with Gasteiger partial charge in [-0.2, -0.15) is 0 Å². The van der Waals surface area contributed by atoms with Gasteiger partial charge in [0.15, 0.2) is 5.78 Å². The number of carboxylic acids is 1. The highest BCUT2D eigenvalue weighted by Gasteiger charge is 2.15. The molecule has 3 rings (SSSR count). The maximum Gasteiger partial charge on any atom is 0.335 e. The molecular formula is C21H19NO4. The zero-order valence-electron chi connectivity index (χ0n) is 14.2. The molecule has 26 heavy (non-hydrogen) atoms. The van der Waals surface area contributed by atoms with Gasteiger partial charge in [0.25, 0.3) is 0 Å². The fourth-order valence-corrected chi connectivity index (χ4v) is 2.27. The van der Waals surface area contributed by atoms with Crippen molar-refractivity contribution in [2.75, 3.05) is 5.73 Å². The average Bonchev–Trinajstić information content (AvgIpc) is 2.62. The number of hydrogen-bond donors (Lipinski definition) is 3. The van der Waals surface area contributed by atoms with Crippen LogP contribution in [0.5, 0.6) is 5.75 Å². The van der Waals surface area contributed by atoms with Gasteiger partial charge < -0.3 is 15.9 Å². The molecule has 0 saturated heterocycles. The lowest BCUT2D eigenvalue weighted by molar-refractivity contribution is 0.0696. The van der Waals surface area contributed by atoms with E-state index in [0.29, 0.717) is 5.56 Å². The van der Waals surface area contributed by atoms with Crippen molar-refractivity contribution < 1.29 is 19.8 Å². The molecule has 3 aromatic rings. The summed E-state index contributed by atoms with van der Waals surface area (Å²) in [5.74, 6) is -1.82. The van der Waals surface area contributed by atoms with Gasteiger partial charge in [-0.1, -0.05) is 42.5 Å². The molecule has 0 fully saturated rings. The number of rotatable bonds is 3. The van der Waals surface area contributed by atoms with E-state index in [1.165, 1.54) is 17.7 Å². The SMILES string of the molecule is Cc1cccc(N)c1.O=C(O)c1ccc(C(=O)c2ccccc2)c(O)c1. The van der Waals surface area contributed by atoms with Crippen LogP contribution in [-0.4, -0.2) is 22.0 Å². The highest BCUT2D eigenvalue weighted by atomic mass is 16.4. The molecule has 5 nitrogen and oxygen atoms in total. The Kier molecular flexibility index (Phi) is 6.11. The molecule has 0 aliphatic heterocycles. The van der Waals surface area contributed by atoms with Crippen molar-refractivity contribution in [1.82, 2.24) is 0 Å². The molecule has 0 spiro atoms. The molecule has 0 heterocycles. The van der Waals surface area contributed by atoms with Crippen LogP contribution < -0.4 is 5.73 Å². The molecule has 3 aromatic carbocycles. The molecule has 0 amide bonds. The van der Waals surface area contributed by atoms with Crippen LogP contribution in [0, 0.1) is 6.92 Å². The third-order valence-corrected chi connectivity index (χ3v) is 3.57. The summed E-state index contributed by atoms with van der Waals surface area (Å²) in [5, 5.41) is 18.4. The number of benzene rings is 3. The number of carbonyl (C=O) groups is 2. The van der Waals surface area contributed by atoms with Crippen LogP contribution in [-0.2, 0) is 0 Å². The second kappa shape index (κ2) is 8.48. The number of aryl methyl sites for hydroxylation is 1. The van der Waals surface area contributed by atoms with Crippen molar-refractivity contribution in [1.29, 1.82) is 0 Å². The summed E-state index contributed by atoms with van der Waals surface area (Å²) in [6, 6.07) is 20.0. The minimum absolute atomic E-state index is 0.0582. The zero-order chi connectivity index (χ0) is 19.1. The van der Waals surface area contributed by atoms with Crippen LogP contribution in [0.25, 0.3) is 0 Å². The minimum atomic E-state index is -1.15. The van der Waals surface area contributed by atoms with E-state index in [4.69, 9.17) is 10.8 Å². The van der Waals surface area contributed by atoms with E-state index in [9.17, 15) is 14.7 Å². The topological polar surface area (TPSA) is 101 Å². The quantitative estimate of drug-likeness (QED) is 0.492. The predicted octanol–water partition coefficient (Wildman–Crippen LogP) is 3.90. The van der Waals surface area contributed by atoms with Crippen LogP contribution >= 0.6 is 0 Å². The molecule has 0 saturated carbocycles. The van der Waals surface area contributed by atoms with Crippen LogP contribution in [0.2, 0.25) is 0 Å². The standard InChI is InChI=1S/C14H10O4.C7H9N/c15-12-8-10(14(17)18)6-7-11(12)13(16)9-4-2-1-3-5-9;1-6-3-2-4-7(8)5-6/h1-8,15H,(H,17,18);2-5H,8H2,1H3. The van der Waals surface area contributed by atoms with Crippen molar-refractivity contribution in [3.05, 3.63) is 95.1 Å². The van der Waals surface area contributed by atoms with Gasteiger partial charge in [-0.25, -0.2) is 4.79 Å². The summed E-state index contributed by atoms with van der Waals surface area (Å²) >= 11 is 0. The zero-order valence-corrected chi connectivity index (χ0v) is 14.2. The normalized spacial score (nSPS) is 9.73. The number of carbonyl (C=O) groups excluding carboxylic acids is 1. The first kappa shape index (κ1) is 18.7. The number of hydrogen-bond acceptors (Lipinski definition) is 4. The number of nitrogens with two attached hydrogens (primary N) is 1. The third kappa shape index (κ3) is 4.95. The molecule has 0 aliphatic rings. The summed E-state index contributed by atoms with van der Waals surface area (Å²) in [6.07, 6.45) is 0. The van der Waals surface area contributed by atoms with Crippen LogP contribution in [0.15, 0.2) is 72.8 Å². The first-order valence-corrected chi connectivity index (χ1v) is 7.86. The Hall–Kier alpha value is -3.60. The molecule has 0 aromatic heterocycles. The van der Waals surface area contributed by atoms with Crippen molar-refractivity contribution in [3.63, 3.8) is 0 Å². The number of phenolic OH excluding ortho intramolecular Hbond substituents is 1. The number of aromatic hydroxyl groups is 1. The van der Waals surface area contributed by atoms with Crippen molar-refractivity contribution >= 4 is 17.4 Å². The maximum atomic E-state index is 12.0. The lowest BCUT2D eigenvalue weighted by Gasteiger charge is -2.04. The fourth-order valence-electron chi connectivity index (χ4n) is 2.27. The average molecular weight is 349 g/mol. The van der Waals surface area contributed by atoms with Gasteiger partial charge in [-0.15, -0.1) is 0 Å². The molecule has 0 atom stereocenters. The molecule has 0 unspecified atom stereocenters. The van der Waals surface area contributed by atoms with E-state index in [-0.39, 0.29) is 22.7 Å². The fraction of sp³-hybridized carbons (Fsp3) is 0.0476. The number of phenols is 1. The van der Waals surface area contributed by atoms with Crippen molar-refractivity contribution in [3.8, 4) is 5.75 Å².